The minimum atomic E-state index is 0.191. The molecule has 0 aromatic heterocycles. The second-order valence-electron chi connectivity index (χ2n) is 7.84. The number of aryl methyl sites for hydroxylation is 1. The van der Waals surface area contributed by atoms with Gasteiger partial charge in [0.15, 0.2) is 5.96 Å². The van der Waals surface area contributed by atoms with Crippen LogP contribution in [0.2, 0.25) is 0 Å². The topological polar surface area (TPSA) is 113 Å². The van der Waals surface area contributed by atoms with Crippen LogP contribution < -0.4 is 16.8 Å². The molecule has 160 valence electrons. The van der Waals surface area contributed by atoms with Crippen molar-refractivity contribution < 1.29 is 0 Å². The maximum Gasteiger partial charge on any atom is 0.185 e. The van der Waals surface area contributed by atoms with Crippen LogP contribution >= 0.6 is 0 Å². The monoisotopic (exact) mass is 398 g/mol. The van der Waals surface area contributed by atoms with Crippen LogP contribution in [-0.4, -0.2) is 37.1 Å². The van der Waals surface area contributed by atoms with E-state index in [0.717, 1.165) is 69.7 Å². The van der Waals surface area contributed by atoms with Gasteiger partial charge in [-0.05, 0) is 44.1 Å². The van der Waals surface area contributed by atoms with Gasteiger partial charge in [0.2, 0.25) is 0 Å². The van der Waals surface area contributed by atoms with Gasteiger partial charge < -0.3 is 22.2 Å². The summed E-state index contributed by atoms with van der Waals surface area (Å²) in [4.78, 5) is 8.54. The second kappa shape index (κ2) is 13.7. The molecule has 1 aliphatic heterocycles. The van der Waals surface area contributed by atoms with E-state index in [0.29, 0.717) is 0 Å². The molecule has 1 aromatic rings. The fourth-order valence-electron chi connectivity index (χ4n) is 3.52. The number of nitrogens with zero attached hydrogens (tertiary/aromatic N) is 2. The van der Waals surface area contributed by atoms with Crippen LogP contribution in [0.1, 0.15) is 75.3 Å². The van der Waals surface area contributed by atoms with Crippen LogP contribution in [0, 0.1) is 5.41 Å². The molecule has 0 saturated heterocycles. The van der Waals surface area contributed by atoms with Crippen LogP contribution in [0.3, 0.4) is 0 Å². The Morgan fingerprint density at radius 1 is 0.966 bits per heavy atom. The number of amidine groups is 1. The zero-order valence-electron chi connectivity index (χ0n) is 17.8. The summed E-state index contributed by atoms with van der Waals surface area (Å²) in [6.07, 6.45) is 12.2. The van der Waals surface area contributed by atoms with E-state index in [1.54, 1.807) is 0 Å². The lowest BCUT2D eigenvalue weighted by atomic mass is 10.0. The largest absolute Gasteiger partial charge is 0.370 e. The molecular weight excluding hydrogens is 360 g/mol. The molecule has 1 heterocycles. The Balaban J connectivity index is 1.49. The number of benzene rings is 1. The van der Waals surface area contributed by atoms with Gasteiger partial charge in [0, 0.05) is 30.9 Å². The summed E-state index contributed by atoms with van der Waals surface area (Å²) in [7, 11) is 0. The predicted molar refractivity (Wildman–Crippen MR) is 124 cm³/mol. The molecule has 2 rings (SSSR count). The van der Waals surface area contributed by atoms with Gasteiger partial charge in [0.1, 0.15) is 5.84 Å². The number of hydrogen-bond acceptors (Lipinski definition) is 4. The van der Waals surface area contributed by atoms with Crippen molar-refractivity contribution in [1.82, 2.24) is 5.32 Å². The zero-order chi connectivity index (χ0) is 20.7. The first-order valence-corrected chi connectivity index (χ1v) is 11.1. The fourth-order valence-corrected chi connectivity index (χ4v) is 3.52. The van der Waals surface area contributed by atoms with Gasteiger partial charge in [-0.1, -0.05) is 56.4 Å². The zero-order valence-corrected chi connectivity index (χ0v) is 17.8. The van der Waals surface area contributed by atoms with Gasteiger partial charge in [-0.2, -0.15) is 0 Å². The predicted octanol–water partition coefficient (Wildman–Crippen LogP) is 3.77. The lowest BCUT2D eigenvalue weighted by molar-refractivity contribution is 0.586. The van der Waals surface area contributed by atoms with E-state index in [2.05, 4.69) is 39.6 Å². The summed E-state index contributed by atoms with van der Waals surface area (Å²) < 4.78 is 0. The number of rotatable bonds is 14. The maximum absolute atomic E-state index is 8.21. The Morgan fingerprint density at radius 3 is 2.31 bits per heavy atom. The highest BCUT2D eigenvalue weighted by atomic mass is 15.0. The van der Waals surface area contributed by atoms with E-state index >= 15 is 0 Å². The third-order valence-electron chi connectivity index (χ3n) is 5.27. The summed E-state index contributed by atoms with van der Waals surface area (Å²) in [5.74, 6) is 1.21. The van der Waals surface area contributed by atoms with Crippen molar-refractivity contribution in [3.05, 3.63) is 35.4 Å². The number of hydrogen-bond donors (Lipinski definition) is 4. The molecule has 6 nitrogen and oxygen atoms in total. The molecule has 0 fully saturated rings. The number of guanidine groups is 1. The number of unbranched alkanes of at least 4 members (excludes halogenated alkanes) is 6. The molecule has 6 heteroatoms. The number of nitrogens with two attached hydrogens (primary N) is 2. The van der Waals surface area contributed by atoms with E-state index < -0.39 is 0 Å². The van der Waals surface area contributed by atoms with Gasteiger partial charge in [0.05, 0.1) is 0 Å². The minimum absolute atomic E-state index is 0.191. The van der Waals surface area contributed by atoms with Gasteiger partial charge in [-0.3, -0.25) is 9.98 Å². The average molecular weight is 399 g/mol. The van der Waals surface area contributed by atoms with Crippen molar-refractivity contribution in [2.75, 3.05) is 19.6 Å². The van der Waals surface area contributed by atoms with E-state index in [4.69, 9.17) is 16.9 Å². The summed E-state index contributed by atoms with van der Waals surface area (Å²) >= 11 is 0. The van der Waals surface area contributed by atoms with Crippen LogP contribution in [0.5, 0.6) is 0 Å². The van der Waals surface area contributed by atoms with Crippen molar-refractivity contribution in [2.24, 2.45) is 21.5 Å². The first-order valence-electron chi connectivity index (χ1n) is 11.1. The molecule has 0 unspecified atom stereocenters. The molecule has 0 atom stereocenters. The van der Waals surface area contributed by atoms with Crippen molar-refractivity contribution in [3.63, 3.8) is 0 Å². The van der Waals surface area contributed by atoms with Crippen molar-refractivity contribution in [3.8, 4) is 0 Å². The van der Waals surface area contributed by atoms with E-state index in [-0.39, 0.29) is 5.96 Å². The third kappa shape index (κ3) is 10.1. The normalized spacial score (nSPS) is 13.4. The molecule has 0 aliphatic carbocycles. The van der Waals surface area contributed by atoms with E-state index in [9.17, 15) is 0 Å². The van der Waals surface area contributed by atoms with E-state index in [1.807, 2.05) is 0 Å². The summed E-state index contributed by atoms with van der Waals surface area (Å²) in [5.41, 5.74) is 14.0. The Bertz CT molecular complexity index is 658. The Kier molecular flexibility index (Phi) is 10.9. The molecule has 29 heavy (non-hydrogen) atoms. The third-order valence-corrected chi connectivity index (χ3v) is 5.27. The molecule has 0 bridgehead atoms. The quantitative estimate of drug-likeness (QED) is 0.217. The first kappa shape index (κ1) is 22.9. The van der Waals surface area contributed by atoms with Gasteiger partial charge in [-0.25, -0.2) is 0 Å². The SMILES string of the molecule is N=C(CCCCCCCCCN=C(N)N)CCc1ccc(C2=NCCCN2)cc1. The van der Waals surface area contributed by atoms with Gasteiger partial charge in [0.25, 0.3) is 0 Å². The summed E-state index contributed by atoms with van der Waals surface area (Å²) in [5, 5.41) is 11.6. The molecule has 0 amide bonds. The van der Waals surface area contributed by atoms with E-state index in [1.165, 1.54) is 43.2 Å². The highest BCUT2D eigenvalue weighted by molar-refractivity contribution is 5.99. The van der Waals surface area contributed by atoms with Crippen LogP contribution in [0.25, 0.3) is 0 Å². The summed E-state index contributed by atoms with van der Waals surface area (Å²) in [6, 6.07) is 8.64. The molecule has 0 saturated carbocycles. The van der Waals surface area contributed by atoms with Crippen molar-refractivity contribution in [2.45, 2.75) is 70.6 Å². The van der Waals surface area contributed by atoms with Crippen LogP contribution in [0.15, 0.2) is 34.3 Å². The molecular formula is C23H38N6. The molecule has 0 radical (unpaired) electrons. The highest BCUT2D eigenvalue weighted by Crippen LogP contribution is 2.12. The lowest BCUT2D eigenvalue weighted by Crippen LogP contribution is -2.30. The van der Waals surface area contributed by atoms with Gasteiger partial charge in [-0.15, -0.1) is 0 Å². The van der Waals surface area contributed by atoms with Crippen molar-refractivity contribution in [1.29, 1.82) is 5.41 Å². The number of aliphatic imine (C=N–C) groups is 2. The molecule has 6 N–H and O–H groups in total. The second-order valence-corrected chi connectivity index (χ2v) is 7.84. The average Bonchev–Trinajstić information content (AvgIpc) is 2.74. The fraction of sp³-hybridized carbons (Fsp3) is 0.609. The van der Waals surface area contributed by atoms with Crippen molar-refractivity contribution >= 4 is 17.5 Å². The highest BCUT2D eigenvalue weighted by Gasteiger charge is 2.07. The Hall–Kier alpha value is -2.37. The maximum atomic E-state index is 8.21. The van der Waals surface area contributed by atoms with Gasteiger partial charge >= 0.3 is 0 Å². The lowest BCUT2D eigenvalue weighted by Gasteiger charge is -2.14. The molecule has 0 spiro atoms. The molecule has 1 aromatic carbocycles. The minimum Gasteiger partial charge on any atom is -0.370 e. The first-order chi connectivity index (χ1) is 14.1. The van der Waals surface area contributed by atoms with Crippen LogP contribution in [-0.2, 0) is 6.42 Å². The Labute approximate surface area is 175 Å². The standard InChI is InChI=1S/C23H38N6/c24-21(9-6-4-2-1-3-5-7-16-29-23(25)26)15-12-19-10-13-20(14-11-19)22-27-17-8-18-28-22/h10-11,13-14,24H,1-9,12,15-18H2,(H,27,28)(H4,25,26,29). The van der Waals surface area contributed by atoms with Crippen LogP contribution in [0.4, 0.5) is 0 Å². The Morgan fingerprint density at radius 2 is 1.66 bits per heavy atom. The molecule has 1 aliphatic rings. The summed E-state index contributed by atoms with van der Waals surface area (Å²) in [6.45, 7) is 2.67. The smallest absolute Gasteiger partial charge is 0.185 e. The number of nitrogens with one attached hydrogen (secondary N) is 2.